The van der Waals surface area contributed by atoms with Crippen LogP contribution in [0, 0.1) is 6.92 Å². The molecular formula is C19H23N5O2. The van der Waals surface area contributed by atoms with E-state index >= 15 is 0 Å². The lowest BCUT2D eigenvalue weighted by Gasteiger charge is -2.13. The van der Waals surface area contributed by atoms with Crippen molar-refractivity contribution in [3.8, 4) is 11.4 Å². The summed E-state index contributed by atoms with van der Waals surface area (Å²) in [6.07, 6.45) is 3.28. The Kier molecular flexibility index (Phi) is 5.46. The van der Waals surface area contributed by atoms with Crippen LogP contribution in [0.2, 0.25) is 0 Å². The lowest BCUT2D eigenvalue weighted by atomic mass is 10.1. The second kappa shape index (κ2) is 7.95. The summed E-state index contributed by atoms with van der Waals surface area (Å²) in [4.78, 5) is 16.6. The Bertz CT molecular complexity index is 883. The Morgan fingerprint density at radius 3 is 2.96 bits per heavy atom. The normalized spacial score (nSPS) is 12.1. The highest BCUT2D eigenvalue weighted by atomic mass is 16.5. The maximum atomic E-state index is 12.2. The SMILES string of the molecule is CC[C@H](C)n1nccc1NC(=O)CCc1nc(-c2cccc(C)c2)no1. The van der Waals surface area contributed by atoms with Crippen LogP contribution in [0.5, 0.6) is 0 Å². The summed E-state index contributed by atoms with van der Waals surface area (Å²) in [5.74, 6) is 1.59. The molecule has 0 radical (unpaired) electrons. The van der Waals surface area contributed by atoms with Gasteiger partial charge in [0, 0.05) is 24.5 Å². The summed E-state index contributed by atoms with van der Waals surface area (Å²) in [5, 5.41) is 11.2. The number of anilines is 1. The van der Waals surface area contributed by atoms with Crippen LogP contribution >= 0.6 is 0 Å². The van der Waals surface area contributed by atoms with Crippen LogP contribution in [0.1, 0.15) is 44.2 Å². The maximum Gasteiger partial charge on any atom is 0.227 e. The van der Waals surface area contributed by atoms with Gasteiger partial charge in [-0.2, -0.15) is 10.1 Å². The van der Waals surface area contributed by atoms with Crippen molar-refractivity contribution in [1.82, 2.24) is 19.9 Å². The number of aromatic nitrogens is 4. The second-order valence-electron chi connectivity index (χ2n) is 6.35. The zero-order valence-corrected chi connectivity index (χ0v) is 15.3. The molecule has 1 amide bonds. The summed E-state index contributed by atoms with van der Waals surface area (Å²) in [6, 6.07) is 9.93. The van der Waals surface area contributed by atoms with E-state index in [1.807, 2.05) is 35.9 Å². The fraction of sp³-hybridized carbons (Fsp3) is 0.368. The van der Waals surface area contributed by atoms with Gasteiger partial charge < -0.3 is 9.84 Å². The van der Waals surface area contributed by atoms with Gasteiger partial charge in [-0.25, -0.2) is 4.68 Å². The van der Waals surface area contributed by atoms with Gasteiger partial charge in [-0.15, -0.1) is 0 Å². The van der Waals surface area contributed by atoms with E-state index in [1.54, 1.807) is 12.3 Å². The Morgan fingerprint density at radius 1 is 1.35 bits per heavy atom. The first-order valence-electron chi connectivity index (χ1n) is 8.79. The Balaban J connectivity index is 1.58. The molecule has 7 heteroatoms. The standard InChI is InChI=1S/C19H23N5O2/c1-4-14(3)24-16(10-11-20-24)21-17(25)8-9-18-22-19(23-26-18)15-7-5-6-13(2)12-15/h5-7,10-12,14H,4,8-9H2,1-3H3,(H,21,25)/t14-/m0/s1. The number of nitrogens with zero attached hydrogens (tertiary/aromatic N) is 4. The summed E-state index contributed by atoms with van der Waals surface area (Å²) < 4.78 is 7.09. The topological polar surface area (TPSA) is 85.8 Å². The van der Waals surface area contributed by atoms with E-state index in [0.29, 0.717) is 24.0 Å². The number of nitrogens with one attached hydrogen (secondary N) is 1. The van der Waals surface area contributed by atoms with Crippen molar-refractivity contribution >= 4 is 11.7 Å². The predicted molar refractivity (Wildman–Crippen MR) is 98.7 cm³/mol. The van der Waals surface area contributed by atoms with Crippen LogP contribution in [0.15, 0.2) is 41.1 Å². The molecule has 0 aliphatic heterocycles. The van der Waals surface area contributed by atoms with Crippen molar-refractivity contribution in [2.24, 2.45) is 0 Å². The Labute approximate surface area is 152 Å². The molecule has 3 aromatic rings. The Hall–Kier alpha value is -2.96. The molecule has 1 N–H and O–H groups in total. The van der Waals surface area contributed by atoms with E-state index < -0.39 is 0 Å². The number of carbonyl (C=O) groups excluding carboxylic acids is 1. The van der Waals surface area contributed by atoms with Gasteiger partial charge in [0.25, 0.3) is 0 Å². The van der Waals surface area contributed by atoms with Crippen molar-refractivity contribution in [2.75, 3.05) is 5.32 Å². The summed E-state index contributed by atoms with van der Waals surface area (Å²) in [7, 11) is 0. The summed E-state index contributed by atoms with van der Waals surface area (Å²) in [5.41, 5.74) is 2.04. The first-order chi connectivity index (χ1) is 12.6. The van der Waals surface area contributed by atoms with Gasteiger partial charge in [0.15, 0.2) is 0 Å². The third kappa shape index (κ3) is 4.17. The van der Waals surface area contributed by atoms with Gasteiger partial charge >= 0.3 is 0 Å². The van der Waals surface area contributed by atoms with Crippen LogP contribution in [0.25, 0.3) is 11.4 Å². The minimum Gasteiger partial charge on any atom is -0.339 e. The van der Waals surface area contributed by atoms with E-state index in [1.165, 1.54) is 0 Å². The van der Waals surface area contributed by atoms with Crippen LogP contribution in [0.3, 0.4) is 0 Å². The van der Waals surface area contributed by atoms with Gasteiger partial charge in [-0.3, -0.25) is 4.79 Å². The fourth-order valence-corrected chi connectivity index (χ4v) is 2.62. The molecule has 136 valence electrons. The molecule has 0 saturated carbocycles. The van der Waals surface area contributed by atoms with Crippen LogP contribution < -0.4 is 5.32 Å². The van der Waals surface area contributed by atoms with Crippen LogP contribution in [-0.2, 0) is 11.2 Å². The molecule has 1 aromatic carbocycles. The molecule has 0 spiro atoms. The molecule has 0 saturated heterocycles. The number of carbonyl (C=O) groups is 1. The van der Waals surface area contributed by atoms with E-state index in [0.717, 1.165) is 17.5 Å². The lowest BCUT2D eigenvalue weighted by molar-refractivity contribution is -0.116. The number of rotatable bonds is 7. The zero-order chi connectivity index (χ0) is 18.5. The fourth-order valence-electron chi connectivity index (χ4n) is 2.62. The van der Waals surface area contributed by atoms with Gasteiger partial charge in [0.05, 0.1) is 12.2 Å². The van der Waals surface area contributed by atoms with E-state index in [-0.39, 0.29) is 18.4 Å². The molecule has 2 heterocycles. The van der Waals surface area contributed by atoms with Gasteiger partial charge in [0.2, 0.25) is 17.6 Å². The number of amides is 1. The van der Waals surface area contributed by atoms with Gasteiger partial charge in [-0.1, -0.05) is 35.8 Å². The average Bonchev–Trinajstić information content (AvgIpc) is 3.29. The van der Waals surface area contributed by atoms with Gasteiger partial charge in [0.1, 0.15) is 5.82 Å². The maximum absolute atomic E-state index is 12.2. The monoisotopic (exact) mass is 353 g/mol. The molecule has 0 aliphatic rings. The molecule has 0 aliphatic carbocycles. The van der Waals surface area contributed by atoms with E-state index in [9.17, 15) is 4.79 Å². The molecule has 0 bridgehead atoms. The molecule has 0 fully saturated rings. The highest BCUT2D eigenvalue weighted by molar-refractivity contribution is 5.89. The highest BCUT2D eigenvalue weighted by Crippen LogP contribution is 2.18. The molecular weight excluding hydrogens is 330 g/mol. The van der Waals surface area contributed by atoms with E-state index in [4.69, 9.17) is 4.52 Å². The molecule has 0 unspecified atom stereocenters. The minimum absolute atomic E-state index is 0.106. The van der Waals surface area contributed by atoms with Crippen LogP contribution in [0.4, 0.5) is 5.82 Å². The first kappa shape index (κ1) is 17.8. The minimum atomic E-state index is -0.106. The largest absolute Gasteiger partial charge is 0.339 e. The molecule has 26 heavy (non-hydrogen) atoms. The third-order valence-corrected chi connectivity index (χ3v) is 4.26. The zero-order valence-electron chi connectivity index (χ0n) is 15.3. The molecule has 1 atom stereocenters. The van der Waals surface area contributed by atoms with Crippen molar-refractivity contribution in [3.05, 3.63) is 48.0 Å². The van der Waals surface area contributed by atoms with Crippen molar-refractivity contribution in [2.45, 2.75) is 46.1 Å². The molecule has 2 aromatic heterocycles. The Morgan fingerprint density at radius 2 is 2.19 bits per heavy atom. The van der Waals surface area contributed by atoms with E-state index in [2.05, 4.69) is 34.4 Å². The summed E-state index contributed by atoms with van der Waals surface area (Å²) >= 11 is 0. The highest BCUT2D eigenvalue weighted by Gasteiger charge is 2.14. The third-order valence-electron chi connectivity index (χ3n) is 4.26. The number of hydrogen-bond donors (Lipinski definition) is 1. The van der Waals surface area contributed by atoms with Crippen molar-refractivity contribution < 1.29 is 9.32 Å². The second-order valence-corrected chi connectivity index (χ2v) is 6.35. The predicted octanol–water partition coefficient (Wildman–Crippen LogP) is 3.78. The van der Waals surface area contributed by atoms with Crippen molar-refractivity contribution in [1.29, 1.82) is 0 Å². The van der Waals surface area contributed by atoms with Crippen molar-refractivity contribution in [3.63, 3.8) is 0 Å². The molecule has 7 nitrogen and oxygen atoms in total. The summed E-state index contributed by atoms with van der Waals surface area (Å²) in [6.45, 7) is 6.16. The smallest absolute Gasteiger partial charge is 0.227 e. The number of aryl methyl sites for hydroxylation is 2. The lowest BCUT2D eigenvalue weighted by Crippen LogP contribution is -2.17. The van der Waals surface area contributed by atoms with Gasteiger partial charge in [-0.05, 0) is 26.3 Å². The quantitative estimate of drug-likeness (QED) is 0.698. The molecule has 3 rings (SSSR count). The van der Waals surface area contributed by atoms with Crippen LogP contribution in [-0.4, -0.2) is 25.8 Å². The number of hydrogen-bond acceptors (Lipinski definition) is 5. The first-order valence-corrected chi connectivity index (χ1v) is 8.79. The number of benzene rings is 1. The average molecular weight is 353 g/mol.